The molecule has 0 aromatic heterocycles. The van der Waals surface area contributed by atoms with Crippen LogP contribution in [0.15, 0.2) is 30.3 Å². The monoisotopic (exact) mass is 158 g/mol. The second-order valence-electron chi connectivity index (χ2n) is 2.73. The number of rotatable bonds is 1. The molecule has 0 saturated carbocycles. The van der Waals surface area contributed by atoms with E-state index in [1.807, 2.05) is 18.2 Å². The molecule has 54 valence electrons. The summed E-state index contributed by atoms with van der Waals surface area (Å²) < 4.78 is 0. The van der Waals surface area contributed by atoms with E-state index in [0.29, 0.717) is 0 Å². The number of hydrogen-bond donors (Lipinski definition) is 0. The van der Waals surface area contributed by atoms with E-state index >= 15 is 0 Å². The average Bonchev–Trinajstić information content (AvgIpc) is 1.88. The first kappa shape index (κ1) is 11.1. The van der Waals surface area contributed by atoms with Crippen molar-refractivity contribution in [2.75, 3.05) is 6.66 Å². The molecular weight excluding hydrogens is 146 g/mol. The molecule has 0 heterocycles. The fourth-order valence-corrected chi connectivity index (χ4v) is 1.68. The van der Waals surface area contributed by atoms with Crippen molar-refractivity contribution in [3.8, 4) is 0 Å². The Morgan fingerprint density at radius 1 is 1.27 bits per heavy atom. The van der Waals surface area contributed by atoms with Gasteiger partial charge in [-0.15, -0.1) is 6.30 Å². The van der Waals surface area contributed by atoms with E-state index in [4.69, 9.17) is 0 Å². The van der Waals surface area contributed by atoms with Gasteiger partial charge in [0.1, 0.15) is 0 Å². The molecule has 0 aliphatic rings. The van der Waals surface area contributed by atoms with Gasteiger partial charge < -0.3 is 6.66 Å². The summed E-state index contributed by atoms with van der Waals surface area (Å²) in [5, 5.41) is 1.29. The topological polar surface area (TPSA) is 0 Å². The fraction of sp³-hybridized carbons (Fsp3) is 0.111. The van der Waals surface area contributed by atoms with Gasteiger partial charge in [0.15, 0.2) is 0 Å². The van der Waals surface area contributed by atoms with Crippen molar-refractivity contribution in [1.29, 1.82) is 0 Å². The van der Waals surface area contributed by atoms with E-state index in [0.717, 1.165) is 0 Å². The molecule has 1 atom stereocenters. The molecule has 0 fully saturated rings. The summed E-state index contributed by atoms with van der Waals surface area (Å²) in [6, 6.07) is 10.3. The van der Waals surface area contributed by atoms with Crippen molar-refractivity contribution in [2.45, 2.75) is 0 Å². The van der Waals surface area contributed by atoms with Crippen LogP contribution in [0.2, 0.25) is 0 Å². The van der Waals surface area contributed by atoms with E-state index in [1.54, 1.807) is 0 Å². The predicted molar refractivity (Wildman–Crippen MR) is 51.4 cm³/mol. The van der Waals surface area contributed by atoms with Crippen LogP contribution in [-0.4, -0.2) is 13.0 Å². The van der Waals surface area contributed by atoms with Crippen LogP contribution >= 0.6 is 6.89 Å². The van der Waals surface area contributed by atoms with Crippen LogP contribution in [-0.2, 0) is 0 Å². The van der Waals surface area contributed by atoms with Gasteiger partial charge in [0.2, 0.25) is 0 Å². The fourth-order valence-electron chi connectivity index (χ4n) is 0.788. The van der Waals surface area contributed by atoms with Gasteiger partial charge in [-0.2, -0.15) is 0 Å². The van der Waals surface area contributed by atoms with Gasteiger partial charge in [-0.1, -0.05) is 42.3 Å². The normalized spacial score (nSPS) is 14.7. The molecule has 1 unspecified atom stereocenters. The van der Waals surface area contributed by atoms with Crippen LogP contribution in [0.1, 0.15) is 0 Å². The molecule has 1 rings (SSSR count). The smallest absolute Gasteiger partial charge is 0.312 e. The van der Waals surface area contributed by atoms with Gasteiger partial charge in [0, 0.05) is 0 Å². The quantitative estimate of drug-likeness (QED) is 0.285. The molecular formula is C9H12LiP. The first-order chi connectivity index (χ1) is 4.61. The van der Waals surface area contributed by atoms with Crippen LogP contribution in [0.3, 0.4) is 0 Å². The van der Waals surface area contributed by atoms with Crippen LogP contribution in [0.25, 0.3) is 0 Å². The Kier molecular flexibility index (Phi) is 4.26. The molecule has 0 spiro atoms. The maximum atomic E-state index is 4.04. The zero-order valence-corrected chi connectivity index (χ0v) is 8.14. The Labute approximate surface area is 81.2 Å². The minimum atomic E-state index is -1.27. The average molecular weight is 158 g/mol. The van der Waals surface area contributed by atoms with Crippen molar-refractivity contribution < 1.29 is 18.9 Å². The standard InChI is InChI=1S/C9H12P.Li/c1-10(2,3)9-7-5-4-6-8-9;/h4-8H,1-2H2,3H3;/q-1;+1. The zero-order valence-electron chi connectivity index (χ0n) is 7.25. The van der Waals surface area contributed by atoms with E-state index < -0.39 is 6.89 Å². The van der Waals surface area contributed by atoms with Crippen LogP contribution in [0, 0.1) is 6.66 Å². The van der Waals surface area contributed by atoms with Gasteiger partial charge in [0.05, 0.1) is 0 Å². The van der Waals surface area contributed by atoms with Gasteiger partial charge in [0.25, 0.3) is 0 Å². The molecule has 0 saturated heterocycles. The summed E-state index contributed by atoms with van der Waals surface area (Å²) in [6.45, 7) is 4.89. The molecule has 2 heteroatoms. The molecule has 0 bridgehead atoms. The SMILES string of the molecule is C=P([CH2-])(C)c1ccccc1.[Li+]. The Balaban J connectivity index is 0.000001000. The molecule has 1 aromatic carbocycles. The molecule has 11 heavy (non-hydrogen) atoms. The first-order valence-corrected chi connectivity index (χ1v) is 5.82. The largest absolute Gasteiger partial charge is 1.00 e. The summed E-state index contributed by atoms with van der Waals surface area (Å²) in [7, 11) is 0. The van der Waals surface area contributed by atoms with E-state index in [9.17, 15) is 0 Å². The second kappa shape index (κ2) is 4.22. The zero-order chi connectivity index (χ0) is 7.61. The molecule has 0 aliphatic heterocycles. The van der Waals surface area contributed by atoms with E-state index in [1.165, 1.54) is 5.30 Å². The molecule has 0 nitrogen and oxygen atoms in total. The summed E-state index contributed by atoms with van der Waals surface area (Å²) >= 11 is 0. The predicted octanol–water partition coefficient (Wildman–Crippen LogP) is -0.813. The molecule has 0 radical (unpaired) electrons. The van der Waals surface area contributed by atoms with Crippen LogP contribution in [0.4, 0.5) is 0 Å². The van der Waals surface area contributed by atoms with Crippen LogP contribution in [0.5, 0.6) is 0 Å². The van der Waals surface area contributed by atoms with Crippen molar-refractivity contribution in [1.82, 2.24) is 0 Å². The molecule has 0 aliphatic carbocycles. The Bertz CT molecular complexity index is 248. The minimum absolute atomic E-state index is 0. The third-order valence-electron chi connectivity index (χ3n) is 1.38. The third kappa shape index (κ3) is 3.34. The summed E-state index contributed by atoms with van der Waals surface area (Å²) in [5.74, 6) is 0. The summed E-state index contributed by atoms with van der Waals surface area (Å²) in [5.41, 5.74) is 0. The Hall–Kier alpha value is 0.117. The van der Waals surface area contributed by atoms with Gasteiger partial charge in [-0.3, -0.25) is 0 Å². The van der Waals surface area contributed by atoms with Gasteiger partial charge in [-0.05, 0) is 0 Å². The molecule has 0 N–H and O–H groups in total. The summed E-state index contributed by atoms with van der Waals surface area (Å²) in [4.78, 5) is 0. The maximum absolute atomic E-state index is 4.04. The Morgan fingerprint density at radius 2 is 1.73 bits per heavy atom. The van der Waals surface area contributed by atoms with Gasteiger partial charge >= 0.3 is 18.9 Å². The Morgan fingerprint density at radius 3 is 2.00 bits per heavy atom. The van der Waals surface area contributed by atoms with Crippen molar-refractivity contribution in [3.63, 3.8) is 0 Å². The van der Waals surface area contributed by atoms with Crippen molar-refractivity contribution >= 4 is 18.5 Å². The van der Waals surface area contributed by atoms with Crippen molar-refractivity contribution in [3.05, 3.63) is 37.0 Å². The van der Waals surface area contributed by atoms with E-state index in [-0.39, 0.29) is 18.9 Å². The number of benzene rings is 1. The second-order valence-corrected chi connectivity index (χ2v) is 6.04. The molecule has 1 aromatic rings. The molecule has 0 amide bonds. The first-order valence-electron chi connectivity index (χ1n) is 3.21. The third-order valence-corrected chi connectivity index (χ3v) is 2.92. The summed E-state index contributed by atoms with van der Waals surface area (Å²) in [6.07, 6.45) is 4.04. The number of hydrogen-bond acceptors (Lipinski definition) is 0. The minimum Gasteiger partial charge on any atom is -0.312 e. The maximum Gasteiger partial charge on any atom is 1.00 e. The van der Waals surface area contributed by atoms with Gasteiger partial charge in [-0.25, -0.2) is 6.89 Å². The van der Waals surface area contributed by atoms with E-state index in [2.05, 4.69) is 31.8 Å². The van der Waals surface area contributed by atoms with Crippen LogP contribution < -0.4 is 24.2 Å². The van der Waals surface area contributed by atoms with Crippen molar-refractivity contribution in [2.24, 2.45) is 0 Å².